The van der Waals surface area contributed by atoms with Crippen molar-refractivity contribution in [1.82, 2.24) is 5.32 Å². The minimum Gasteiger partial charge on any atom is -0.344 e. The van der Waals surface area contributed by atoms with Crippen LogP contribution in [-0.4, -0.2) is 13.6 Å². The van der Waals surface area contributed by atoms with Gasteiger partial charge in [0.25, 0.3) is 0 Å². The Morgan fingerprint density at radius 2 is 1.85 bits per heavy atom. The Bertz CT molecular complexity index is 581. The highest BCUT2D eigenvalue weighted by atomic mass is 35.5. The van der Waals surface area contributed by atoms with Crippen LogP contribution in [0.5, 0.6) is 0 Å². The van der Waals surface area contributed by atoms with Gasteiger partial charge in [-0.05, 0) is 42.8 Å². The third kappa shape index (κ3) is 3.33. The predicted octanol–water partition coefficient (Wildman–Crippen LogP) is 4.53. The fourth-order valence-corrected chi connectivity index (χ4v) is 2.49. The number of benzene rings is 2. The number of aryl methyl sites for hydroxylation is 1. The molecule has 0 heterocycles. The van der Waals surface area contributed by atoms with Crippen LogP contribution in [0.25, 0.3) is 0 Å². The summed E-state index contributed by atoms with van der Waals surface area (Å²) < 4.78 is 0. The maximum atomic E-state index is 6.18. The van der Waals surface area contributed by atoms with E-state index in [0.29, 0.717) is 0 Å². The predicted molar refractivity (Wildman–Crippen MR) is 88.1 cm³/mol. The Balaban J connectivity index is 2.40. The van der Waals surface area contributed by atoms with Gasteiger partial charge in [-0.25, -0.2) is 0 Å². The Morgan fingerprint density at radius 1 is 1.10 bits per heavy atom. The summed E-state index contributed by atoms with van der Waals surface area (Å²) in [7, 11) is 2.09. The summed E-state index contributed by atoms with van der Waals surface area (Å²) in [4.78, 5) is 2.20. The lowest BCUT2D eigenvalue weighted by Gasteiger charge is -2.24. The first kappa shape index (κ1) is 14.9. The second-order valence-electron chi connectivity index (χ2n) is 4.90. The minimum absolute atomic E-state index is 0.765. The molecule has 1 N–H and O–H groups in total. The van der Waals surface area contributed by atoms with E-state index in [-0.39, 0.29) is 0 Å². The maximum absolute atomic E-state index is 6.18. The van der Waals surface area contributed by atoms with Gasteiger partial charge in [-0.15, -0.1) is 0 Å². The smallest absolute Gasteiger partial charge is 0.0468 e. The fourth-order valence-electron chi connectivity index (χ4n) is 2.33. The molecule has 2 aromatic carbocycles. The zero-order valence-electron chi connectivity index (χ0n) is 12.3. The van der Waals surface area contributed by atoms with Crippen molar-refractivity contribution in [3.8, 4) is 0 Å². The number of para-hydroxylation sites is 1. The van der Waals surface area contributed by atoms with E-state index >= 15 is 0 Å². The molecule has 2 aromatic rings. The van der Waals surface area contributed by atoms with Gasteiger partial charge in [0.15, 0.2) is 0 Å². The highest BCUT2D eigenvalue weighted by Crippen LogP contribution is 2.31. The standard InChI is InChI=1S/C17H21ClN2/c1-4-19-12-14-9-10-15(18)11-17(14)20(3)16-8-6-5-7-13(16)2/h5-11,19H,4,12H2,1-3H3. The molecule has 0 bridgehead atoms. The summed E-state index contributed by atoms with van der Waals surface area (Å²) in [6.07, 6.45) is 0. The van der Waals surface area contributed by atoms with Crippen molar-refractivity contribution in [3.63, 3.8) is 0 Å². The van der Waals surface area contributed by atoms with Gasteiger partial charge in [-0.1, -0.05) is 42.8 Å². The summed E-state index contributed by atoms with van der Waals surface area (Å²) in [5.41, 5.74) is 4.85. The summed E-state index contributed by atoms with van der Waals surface area (Å²) >= 11 is 6.18. The molecule has 2 nitrogen and oxygen atoms in total. The first-order chi connectivity index (χ1) is 9.63. The van der Waals surface area contributed by atoms with Gasteiger partial charge in [0.2, 0.25) is 0 Å². The van der Waals surface area contributed by atoms with Crippen molar-refractivity contribution >= 4 is 23.0 Å². The van der Waals surface area contributed by atoms with Crippen LogP contribution in [0.3, 0.4) is 0 Å². The molecular weight excluding hydrogens is 268 g/mol. The molecule has 0 aliphatic rings. The van der Waals surface area contributed by atoms with Crippen molar-refractivity contribution < 1.29 is 0 Å². The van der Waals surface area contributed by atoms with E-state index in [2.05, 4.69) is 61.4 Å². The van der Waals surface area contributed by atoms with E-state index in [1.165, 1.54) is 16.8 Å². The van der Waals surface area contributed by atoms with Gasteiger partial charge in [0.1, 0.15) is 0 Å². The normalized spacial score (nSPS) is 10.6. The second-order valence-corrected chi connectivity index (χ2v) is 5.34. The van der Waals surface area contributed by atoms with Crippen LogP contribution in [-0.2, 0) is 6.54 Å². The summed E-state index contributed by atoms with van der Waals surface area (Å²) in [6, 6.07) is 14.4. The number of rotatable bonds is 5. The summed E-state index contributed by atoms with van der Waals surface area (Å²) in [5.74, 6) is 0. The maximum Gasteiger partial charge on any atom is 0.0468 e. The van der Waals surface area contributed by atoms with Gasteiger partial charge in [-0.2, -0.15) is 0 Å². The topological polar surface area (TPSA) is 15.3 Å². The van der Waals surface area contributed by atoms with Gasteiger partial charge >= 0.3 is 0 Å². The van der Waals surface area contributed by atoms with Crippen LogP contribution in [0.4, 0.5) is 11.4 Å². The van der Waals surface area contributed by atoms with E-state index in [1.807, 2.05) is 12.1 Å². The van der Waals surface area contributed by atoms with Crippen LogP contribution in [0.1, 0.15) is 18.1 Å². The summed E-state index contributed by atoms with van der Waals surface area (Å²) in [6.45, 7) is 6.04. The second kappa shape index (κ2) is 6.78. The van der Waals surface area contributed by atoms with E-state index < -0.39 is 0 Å². The Morgan fingerprint density at radius 3 is 2.55 bits per heavy atom. The molecule has 0 atom stereocenters. The van der Waals surface area contributed by atoms with Gasteiger partial charge < -0.3 is 10.2 Å². The highest BCUT2D eigenvalue weighted by molar-refractivity contribution is 6.30. The minimum atomic E-state index is 0.765. The monoisotopic (exact) mass is 288 g/mol. The summed E-state index contributed by atoms with van der Waals surface area (Å²) in [5, 5.41) is 4.14. The lowest BCUT2D eigenvalue weighted by Crippen LogP contribution is -2.17. The first-order valence-electron chi connectivity index (χ1n) is 6.92. The van der Waals surface area contributed by atoms with Gasteiger partial charge in [0, 0.05) is 30.0 Å². The highest BCUT2D eigenvalue weighted by Gasteiger charge is 2.11. The van der Waals surface area contributed by atoms with Crippen molar-refractivity contribution in [3.05, 3.63) is 58.6 Å². The lowest BCUT2D eigenvalue weighted by molar-refractivity contribution is 0.726. The number of hydrogen-bond donors (Lipinski definition) is 1. The molecule has 0 spiro atoms. The largest absolute Gasteiger partial charge is 0.344 e. The molecule has 0 aliphatic heterocycles. The van der Waals surface area contributed by atoms with Crippen LogP contribution >= 0.6 is 11.6 Å². The number of hydrogen-bond acceptors (Lipinski definition) is 2. The van der Waals surface area contributed by atoms with E-state index in [4.69, 9.17) is 11.6 Å². The lowest BCUT2D eigenvalue weighted by atomic mass is 10.1. The van der Waals surface area contributed by atoms with E-state index in [0.717, 1.165) is 23.8 Å². The molecule has 3 heteroatoms. The number of nitrogens with one attached hydrogen (secondary N) is 1. The average Bonchev–Trinajstić information content (AvgIpc) is 2.46. The van der Waals surface area contributed by atoms with Gasteiger partial charge in [0.05, 0.1) is 0 Å². The average molecular weight is 289 g/mol. The first-order valence-corrected chi connectivity index (χ1v) is 7.29. The van der Waals surface area contributed by atoms with Crippen molar-refractivity contribution in [1.29, 1.82) is 0 Å². The molecule has 0 radical (unpaired) electrons. The van der Waals surface area contributed by atoms with Crippen LogP contribution < -0.4 is 10.2 Å². The van der Waals surface area contributed by atoms with Crippen molar-refractivity contribution in [2.45, 2.75) is 20.4 Å². The quantitative estimate of drug-likeness (QED) is 0.870. The van der Waals surface area contributed by atoms with E-state index in [9.17, 15) is 0 Å². The molecule has 106 valence electrons. The molecular formula is C17H21ClN2. The third-order valence-corrected chi connectivity index (χ3v) is 3.69. The van der Waals surface area contributed by atoms with E-state index in [1.54, 1.807) is 0 Å². The molecule has 0 unspecified atom stereocenters. The Hall–Kier alpha value is -1.51. The molecule has 0 fully saturated rings. The van der Waals surface area contributed by atoms with Crippen LogP contribution in [0.15, 0.2) is 42.5 Å². The third-order valence-electron chi connectivity index (χ3n) is 3.45. The van der Waals surface area contributed by atoms with Crippen molar-refractivity contribution in [2.75, 3.05) is 18.5 Å². The number of nitrogens with zero attached hydrogens (tertiary/aromatic N) is 1. The van der Waals surface area contributed by atoms with Crippen LogP contribution in [0.2, 0.25) is 5.02 Å². The van der Waals surface area contributed by atoms with Crippen LogP contribution in [0, 0.1) is 6.92 Å². The Kier molecular flexibility index (Phi) is 5.05. The molecule has 0 aliphatic carbocycles. The van der Waals surface area contributed by atoms with Gasteiger partial charge in [-0.3, -0.25) is 0 Å². The molecule has 0 saturated carbocycles. The molecule has 0 aromatic heterocycles. The molecule has 0 saturated heterocycles. The number of anilines is 2. The zero-order valence-corrected chi connectivity index (χ0v) is 13.0. The van der Waals surface area contributed by atoms with Crippen molar-refractivity contribution in [2.24, 2.45) is 0 Å². The Labute approximate surface area is 126 Å². The zero-order chi connectivity index (χ0) is 14.5. The fraction of sp³-hybridized carbons (Fsp3) is 0.294. The molecule has 2 rings (SSSR count). The number of halogens is 1. The molecule has 0 amide bonds. The molecule has 20 heavy (non-hydrogen) atoms. The SMILES string of the molecule is CCNCc1ccc(Cl)cc1N(C)c1ccccc1C.